The van der Waals surface area contributed by atoms with E-state index >= 15 is 0 Å². The van der Waals surface area contributed by atoms with E-state index in [-0.39, 0.29) is 35.2 Å². The van der Waals surface area contributed by atoms with Gasteiger partial charge in [-0.1, -0.05) is 11.6 Å². The SMILES string of the molecule is C[C@@]1(c2nc(NC(=O)c3ccc(Cl)cn3)ccc2F)N=C(N)OC2C[C@H]21. The maximum absolute atomic E-state index is 14.5. The summed E-state index contributed by atoms with van der Waals surface area (Å²) in [4.78, 5) is 24.8. The molecule has 0 aromatic carbocycles. The fourth-order valence-corrected chi connectivity index (χ4v) is 3.28. The van der Waals surface area contributed by atoms with Crippen molar-refractivity contribution in [3.05, 3.63) is 52.7 Å². The normalized spacial score (nSPS) is 26.3. The van der Waals surface area contributed by atoms with Crippen LogP contribution in [0.25, 0.3) is 0 Å². The van der Waals surface area contributed by atoms with Crippen LogP contribution in [0, 0.1) is 11.7 Å². The molecular formula is C17H15ClFN5O2. The first-order chi connectivity index (χ1) is 12.4. The molecule has 1 aliphatic carbocycles. The van der Waals surface area contributed by atoms with Crippen LogP contribution in [0.15, 0.2) is 35.5 Å². The third kappa shape index (κ3) is 2.86. The second kappa shape index (κ2) is 5.91. The first-order valence-electron chi connectivity index (χ1n) is 7.99. The Labute approximate surface area is 153 Å². The molecular weight excluding hydrogens is 361 g/mol. The van der Waals surface area contributed by atoms with Gasteiger partial charge >= 0.3 is 0 Å². The Morgan fingerprint density at radius 1 is 1.42 bits per heavy atom. The Morgan fingerprint density at radius 3 is 2.96 bits per heavy atom. The lowest BCUT2D eigenvalue weighted by atomic mass is 9.90. The number of rotatable bonds is 3. The summed E-state index contributed by atoms with van der Waals surface area (Å²) in [5.74, 6) is -0.794. The topological polar surface area (TPSA) is 102 Å². The number of amidine groups is 1. The lowest BCUT2D eigenvalue weighted by molar-refractivity contribution is 0.102. The number of nitrogens with one attached hydrogen (secondary N) is 1. The number of nitrogens with two attached hydrogens (primary N) is 1. The highest BCUT2D eigenvalue weighted by atomic mass is 35.5. The van der Waals surface area contributed by atoms with Gasteiger partial charge in [0.1, 0.15) is 34.7 Å². The van der Waals surface area contributed by atoms with E-state index in [1.54, 1.807) is 13.0 Å². The van der Waals surface area contributed by atoms with Crippen molar-refractivity contribution in [1.82, 2.24) is 9.97 Å². The van der Waals surface area contributed by atoms with E-state index in [1.165, 1.54) is 24.4 Å². The molecule has 1 unspecified atom stereocenters. The molecule has 2 aromatic rings. The van der Waals surface area contributed by atoms with Crippen LogP contribution in [0.1, 0.15) is 29.5 Å². The fraction of sp³-hybridized carbons (Fsp3) is 0.294. The minimum absolute atomic E-state index is 0.000633. The second-order valence-corrected chi connectivity index (χ2v) is 6.88. The Kier molecular flexibility index (Phi) is 3.80. The number of nitrogens with zero attached hydrogens (tertiary/aromatic N) is 3. The zero-order valence-electron chi connectivity index (χ0n) is 13.7. The second-order valence-electron chi connectivity index (χ2n) is 6.44. The van der Waals surface area contributed by atoms with Crippen LogP contribution >= 0.6 is 11.6 Å². The first kappa shape index (κ1) is 16.7. The number of hydrogen-bond acceptors (Lipinski definition) is 6. The molecule has 0 bridgehead atoms. The summed E-state index contributed by atoms with van der Waals surface area (Å²) in [6.45, 7) is 1.77. The Balaban J connectivity index is 1.64. The van der Waals surface area contributed by atoms with E-state index in [0.29, 0.717) is 5.02 Å². The minimum atomic E-state index is -0.934. The maximum atomic E-state index is 14.5. The van der Waals surface area contributed by atoms with Gasteiger partial charge in [0.15, 0.2) is 0 Å². The predicted octanol–water partition coefficient (Wildman–Crippen LogP) is 2.47. The van der Waals surface area contributed by atoms with E-state index in [2.05, 4.69) is 20.3 Å². The van der Waals surface area contributed by atoms with Crippen LogP contribution in [0.3, 0.4) is 0 Å². The van der Waals surface area contributed by atoms with E-state index < -0.39 is 17.3 Å². The lowest BCUT2D eigenvalue weighted by Crippen LogP contribution is -2.36. The Hall–Kier alpha value is -2.74. The summed E-state index contributed by atoms with van der Waals surface area (Å²) in [6.07, 6.45) is 2.02. The van der Waals surface area contributed by atoms with Gasteiger partial charge in [0.25, 0.3) is 11.9 Å². The molecule has 1 saturated carbocycles. The summed E-state index contributed by atoms with van der Waals surface area (Å²) in [7, 11) is 0. The molecule has 0 spiro atoms. The molecule has 26 heavy (non-hydrogen) atoms. The van der Waals surface area contributed by atoms with Crippen molar-refractivity contribution in [2.24, 2.45) is 16.6 Å². The van der Waals surface area contributed by atoms with Gasteiger partial charge in [-0.3, -0.25) is 4.79 Å². The lowest BCUT2D eigenvalue weighted by Gasteiger charge is -2.29. The average molecular weight is 376 g/mol. The number of carbonyl (C=O) groups excluding carboxylic acids is 1. The van der Waals surface area contributed by atoms with E-state index in [1.807, 2.05) is 0 Å². The highest BCUT2D eigenvalue weighted by Gasteiger charge is 2.58. The van der Waals surface area contributed by atoms with Gasteiger partial charge in [0.05, 0.1) is 5.02 Å². The molecule has 0 saturated heterocycles. The van der Waals surface area contributed by atoms with Gasteiger partial charge in [0, 0.05) is 12.1 Å². The van der Waals surface area contributed by atoms with Gasteiger partial charge in [-0.15, -0.1) is 0 Å². The number of ether oxygens (including phenoxy) is 1. The highest BCUT2D eigenvalue weighted by molar-refractivity contribution is 6.30. The van der Waals surface area contributed by atoms with Gasteiger partial charge in [0.2, 0.25) is 0 Å². The number of aliphatic imine (C=N–C) groups is 1. The molecule has 3 atom stereocenters. The molecule has 4 rings (SSSR count). The minimum Gasteiger partial charge on any atom is -0.462 e. The van der Waals surface area contributed by atoms with Crippen LogP contribution in [-0.4, -0.2) is 28.0 Å². The standard InChI is InChI=1S/C17H15ClFN5O2/c1-17(9-6-12(9)26-16(20)24-17)14-10(19)3-5-13(22-14)23-15(25)11-4-2-8(18)7-21-11/h2-5,7,9,12H,6H2,1H3,(H2,20,24)(H,22,23,25)/t9-,12?,17-/m1/s1. The van der Waals surface area contributed by atoms with Crippen LogP contribution in [0.2, 0.25) is 5.02 Å². The first-order valence-corrected chi connectivity index (χ1v) is 8.36. The van der Waals surface area contributed by atoms with Crippen molar-refractivity contribution in [2.75, 3.05) is 5.32 Å². The van der Waals surface area contributed by atoms with E-state index in [9.17, 15) is 9.18 Å². The average Bonchev–Trinajstić information content (AvgIpc) is 3.37. The van der Waals surface area contributed by atoms with Crippen LogP contribution in [-0.2, 0) is 10.3 Å². The third-order valence-corrected chi connectivity index (χ3v) is 4.82. The number of pyridine rings is 2. The number of halogens is 2. The smallest absolute Gasteiger partial charge is 0.283 e. The number of aromatic nitrogens is 2. The zero-order chi connectivity index (χ0) is 18.5. The number of hydrogen-bond donors (Lipinski definition) is 2. The van der Waals surface area contributed by atoms with Crippen LogP contribution in [0.4, 0.5) is 10.2 Å². The summed E-state index contributed by atoms with van der Waals surface area (Å²) in [6, 6.07) is 5.69. The van der Waals surface area contributed by atoms with Gasteiger partial charge in [-0.25, -0.2) is 19.4 Å². The summed E-state index contributed by atoms with van der Waals surface area (Å²) < 4.78 is 19.8. The molecule has 2 aromatic heterocycles. The van der Waals surface area contributed by atoms with Crippen LogP contribution in [0.5, 0.6) is 0 Å². The molecule has 9 heteroatoms. The van der Waals surface area contributed by atoms with Gasteiger partial charge in [-0.05, 0) is 37.6 Å². The quantitative estimate of drug-likeness (QED) is 0.857. The largest absolute Gasteiger partial charge is 0.462 e. The summed E-state index contributed by atoms with van der Waals surface area (Å²) in [5.41, 5.74) is 5.07. The number of fused-ring (bicyclic) bond motifs is 1. The van der Waals surface area contributed by atoms with Crippen LogP contribution < -0.4 is 11.1 Å². The molecule has 7 nitrogen and oxygen atoms in total. The maximum Gasteiger partial charge on any atom is 0.283 e. The molecule has 1 amide bonds. The Morgan fingerprint density at radius 2 is 2.23 bits per heavy atom. The predicted molar refractivity (Wildman–Crippen MR) is 93.3 cm³/mol. The number of amides is 1. The third-order valence-electron chi connectivity index (χ3n) is 4.60. The molecule has 1 fully saturated rings. The number of anilines is 1. The van der Waals surface area contributed by atoms with Gasteiger partial charge < -0.3 is 15.8 Å². The molecule has 3 N–H and O–H groups in total. The number of carbonyl (C=O) groups is 1. The van der Waals surface area contributed by atoms with Crippen molar-refractivity contribution in [2.45, 2.75) is 25.0 Å². The van der Waals surface area contributed by atoms with E-state index in [4.69, 9.17) is 22.1 Å². The molecule has 134 valence electrons. The highest BCUT2D eigenvalue weighted by Crippen LogP contribution is 2.52. The molecule has 2 aliphatic rings. The molecule has 0 radical (unpaired) electrons. The zero-order valence-corrected chi connectivity index (χ0v) is 14.5. The summed E-state index contributed by atoms with van der Waals surface area (Å²) >= 11 is 5.76. The van der Waals surface area contributed by atoms with Crippen molar-refractivity contribution in [1.29, 1.82) is 0 Å². The molecule has 3 heterocycles. The van der Waals surface area contributed by atoms with Crippen molar-refractivity contribution >= 4 is 29.3 Å². The molecule has 1 aliphatic heterocycles. The Bertz CT molecular complexity index is 920. The van der Waals surface area contributed by atoms with Crippen molar-refractivity contribution in [3.63, 3.8) is 0 Å². The van der Waals surface area contributed by atoms with Crippen molar-refractivity contribution in [3.8, 4) is 0 Å². The van der Waals surface area contributed by atoms with Crippen molar-refractivity contribution < 1.29 is 13.9 Å². The summed E-state index contributed by atoms with van der Waals surface area (Å²) in [5, 5.41) is 3.03. The fourth-order valence-electron chi connectivity index (χ4n) is 3.17. The van der Waals surface area contributed by atoms with E-state index in [0.717, 1.165) is 6.42 Å². The van der Waals surface area contributed by atoms with Gasteiger partial charge in [-0.2, -0.15) is 0 Å². The monoisotopic (exact) mass is 375 g/mol.